The van der Waals surface area contributed by atoms with E-state index >= 15 is 0 Å². The molecule has 5 heteroatoms. The predicted octanol–water partition coefficient (Wildman–Crippen LogP) is 4.00. The molecule has 0 fully saturated rings. The van der Waals surface area contributed by atoms with Gasteiger partial charge in [0.25, 0.3) is 0 Å². The monoisotopic (exact) mass is 282 g/mol. The molecule has 84 valence electrons. The van der Waals surface area contributed by atoms with Crippen molar-refractivity contribution in [1.29, 1.82) is 0 Å². The van der Waals surface area contributed by atoms with E-state index in [1.165, 1.54) is 25.3 Å². The van der Waals surface area contributed by atoms with Crippen molar-refractivity contribution in [2.24, 2.45) is 0 Å². The van der Waals surface area contributed by atoms with Crippen LogP contribution in [0.1, 0.15) is 16.0 Å². The minimum absolute atomic E-state index is 0.181. The molecular formula is C10H10BrF3O. The number of alkyl halides is 4. The van der Waals surface area contributed by atoms with Gasteiger partial charge in [0.05, 0.1) is 7.11 Å². The number of methoxy groups -OCH3 is 1. The maximum atomic E-state index is 12.4. The lowest BCUT2D eigenvalue weighted by molar-refractivity contribution is -0.128. The molecule has 0 aliphatic rings. The standard InChI is InChI=1S/C10H10BrF3O/c1-6-5-7(3-4-8(6)15-2)9(11)10(12,13)14/h3-5,9H,1-2H3. The molecule has 1 atom stereocenters. The maximum absolute atomic E-state index is 12.4. The van der Waals surface area contributed by atoms with Crippen LogP contribution in [0.5, 0.6) is 5.75 Å². The van der Waals surface area contributed by atoms with Crippen LogP contribution in [-0.4, -0.2) is 13.3 Å². The Balaban J connectivity index is 3.02. The van der Waals surface area contributed by atoms with Gasteiger partial charge < -0.3 is 4.74 Å². The fraction of sp³-hybridized carbons (Fsp3) is 0.400. The maximum Gasteiger partial charge on any atom is 0.405 e. The van der Waals surface area contributed by atoms with Crippen LogP contribution >= 0.6 is 15.9 Å². The molecule has 0 N–H and O–H groups in total. The van der Waals surface area contributed by atoms with Crippen molar-refractivity contribution in [2.75, 3.05) is 7.11 Å². The topological polar surface area (TPSA) is 9.23 Å². The highest BCUT2D eigenvalue weighted by Crippen LogP contribution is 2.40. The third-order valence-electron chi connectivity index (χ3n) is 2.00. The summed E-state index contributed by atoms with van der Waals surface area (Å²) < 4.78 is 42.1. The summed E-state index contributed by atoms with van der Waals surface area (Å²) in [6.45, 7) is 1.71. The van der Waals surface area contributed by atoms with E-state index in [0.29, 0.717) is 11.3 Å². The molecule has 0 bridgehead atoms. The van der Waals surface area contributed by atoms with Crippen LogP contribution in [-0.2, 0) is 0 Å². The van der Waals surface area contributed by atoms with E-state index < -0.39 is 11.0 Å². The Labute approximate surface area is 94.4 Å². The molecule has 0 saturated heterocycles. The first-order valence-electron chi connectivity index (χ1n) is 4.21. The Morgan fingerprint density at radius 3 is 2.33 bits per heavy atom. The molecular weight excluding hydrogens is 273 g/mol. The van der Waals surface area contributed by atoms with Crippen LogP contribution in [0.25, 0.3) is 0 Å². The Morgan fingerprint density at radius 2 is 1.93 bits per heavy atom. The molecule has 1 unspecified atom stereocenters. The summed E-state index contributed by atoms with van der Waals surface area (Å²) in [6, 6.07) is 4.40. The van der Waals surface area contributed by atoms with Crippen LogP contribution in [0.2, 0.25) is 0 Å². The number of hydrogen-bond donors (Lipinski definition) is 0. The number of hydrogen-bond acceptors (Lipinski definition) is 1. The predicted molar refractivity (Wildman–Crippen MR) is 55.5 cm³/mol. The second-order valence-corrected chi connectivity index (χ2v) is 4.05. The van der Waals surface area contributed by atoms with Crippen molar-refractivity contribution in [2.45, 2.75) is 17.9 Å². The van der Waals surface area contributed by atoms with Gasteiger partial charge in [-0.15, -0.1) is 0 Å². The summed E-state index contributed by atoms with van der Waals surface area (Å²) in [4.78, 5) is -1.63. The van der Waals surface area contributed by atoms with Crippen LogP contribution in [0.4, 0.5) is 13.2 Å². The molecule has 1 nitrogen and oxygen atoms in total. The molecule has 0 aliphatic heterocycles. The van der Waals surface area contributed by atoms with E-state index in [2.05, 4.69) is 15.9 Å². The molecule has 15 heavy (non-hydrogen) atoms. The minimum atomic E-state index is -4.28. The van der Waals surface area contributed by atoms with Gasteiger partial charge in [-0.1, -0.05) is 28.1 Å². The molecule has 0 aliphatic carbocycles. The Morgan fingerprint density at radius 1 is 1.33 bits per heavy atom. The molecule has 0 amide bonds. The van der Waals surface area contributed by atoms with Crippen molar-refractivity contribution < 1.29 is 17.9 Å². The van der Waals surface area contributed by atoms with Crippen LogP contribution in [0.3, 0.4) is 0 Å². The highest BCUT2D eigenvalue weighted by atomic mass is 79.9. The minimum Gasteiger partial charge on any atom is -0.496 e. The van der Waals surface area contributed by atoms with Crippen LogP contribution in [0, 0.1) is 6.92 Å². The molecule has 0 saturated carbocycles. The van der Waals surface area contributed by atoms with E-state index in [9.17, 15) is 13.2 Å². The summed E-state index contributed by atoms with van der Waals surface area (Å²) in [7, 11) is 1.48. The van der Waals surface area contributed by atoms with Crippen molar-refractivity contribution in [3.63, 3.8) is 0 Å². The van der Waals surface area contributed by atoms with E-state index in [1.54, 1.807) is 6.92 Å². The van der Waals surface area contributed by atoms with Gasteiger partial charge in [0.1, 0.15) is 10.6 Å². The van der Waals surface area contributed by atoms with Crippen molar-refractivity contribution >= 4 is 15.9 Å². The molecule has 1 aromatic rings. The van der Waals surface area contributed by atoms with Gasteiger partial charge >= 0.3 is 6.18 Å². The quantitative estimate of drug-likeness (QED) is 0.745. The van der Waals surface area contributed by atoms with Crippen LogP contribution in [0.15, 0.2) is 18.2 Å². The fourth-order valence-corrected chi connectivity index (χ4v) is 1.53. The van der Waals surface area contributed by atoms with Crippen molar-refractivity contribution in [3.8, 4) is 5.75 Å². The van der Waals surface area contributed by atoms with E-state index in [-0.39, 0.29) is 5.56 Å². The summed E-state index contributed by atoms with van der Waals surface area (Å²) in [6.07, 6.45) is -4.28. The van der Waals surface area contributed by atoms with Gasteiger partial charge in [-0.3, -0.25) is 0 Å². The Kier molecular flexibility index (Phi) is 3.65. The lowest BCUT2D eigenvalue weighted by Gasteiger charge is -2.15. The van der Waals surface area contributed by atoms with Gasteiger partial charge in [0.15, 0.2) is 0 Å². The number of rotatable bonds is 2. The van der Waals surface area contributed by atoms with Gasteiger partial charge in [-0.05, 0) is 24.1 Å². The first kappa shape index (κ1) is 12.4. The zero-order valence-corrected chi connectivity index (χ0v) is 9.82. The SMILES string of the molecule is COc1ccc(C(Br)C(F)(F)F)cc1C. The van der Waals surface area contributed by atoms with E-state index in [0.717, 1.165) is 0 Å². The second-order valence-electron chi connectivity index (χ2n) is 3.13. The lowest BCUT2D eigenvalue weighted by atomic mass is 10.1. The normalized spacial score (nSPS) is 13.7. The molecule has 0 heterocycles. The van der Waals surface area contributed by atoms with Gasteiger partial charge in [0.2, 0.25) is 0 Å². The first-order chi connectivity index (χ1) is 6.86. The smallest absolute Gasteiger partial charge is 0.405 e. The summed E-state index contributed by atoms with van der Waals surface area (Å²) >= 11 is 2.62. The molecule has 1 aromatic carbocycles. The summed E-state index contributed by atoms with van der Waals surface area (Å²) in [5.74, 6) is 0.584. The fourth-order valence-electron chi connectivity index (χ4n) is 1.25. The lowest BCUT2D eigenvalue weighted by Crippen LogP contribution is -2.15. The molecule has 0 spiro atoms. The summed E-state index contributed by atoms with van der Waals surface area (Å²) in [5.41, 5.74) is 0.865. The molecule has 1 rings (SSSR count). The van der Waals surface area contributed by atoms with Crippen molar-refractivity contribution in [3.05, 3.63) is 29.3 Å². The third-order valence-corrected chi connectivity index (χ3v) is 3.05. The largest absolute Gasteiger partial charge is 0.496 e. The molecule has 0 radical (unpaired) electrons. The second kappa shape index (κ2) is 4.43. The van der Waals surface area contributed by atoms with Crippen LogP contribution < -0.4 is 4.74 Å². The number of benzene rings is 1. The Bertz CT molecular complexity index is 349. The number of halogens is 4. The van der Waals surface area contributed by atoms with E-state index in [4.69, 9.17) is 4.74 Å². The zero-order valence-electron chi connectivity index (χ0n) is 8.23. The third kappa shape index (κ3) is 2.87. The average Bonchev–Trinajstić information content (AvgIpc) is 2.15. The van der Waals surface area contributed by atoms with E-state index in [1.807, 2.05) is 0 Å². The van der Waals surface area contributed by atoms with Gasteiger partial charge in [-0.2, -0.15) is 13.2 Å². The average molecular weight is 283 g/mol. The highest BCUT2D eigenvalue weighted by molar-refractivity contribution is 9.09. The van der Waals surface area contributed by atoms with Crippen molar-refractivity contribution in [1.82, 2.24) is 0 Å². The highest BCUT2D eigenvalue weighted by Gasteiger charge is 2.38. The molecule has 0 aromatic heterocycles. The first-order valence-corrected chi connectivity index (χ1v) is 5.13. The zero-order chi connectivity index (χ0) is 11.6. The number of ether oxygens (including phenoxy) is 1. The summed E-state index contributed by atoms with van der Waals surface area (Å²) in [5, 5.41) is 0. The Hall–Kier alpha value is -0.710. The van der Waals surface area contributed by atoms with Gasteiger partial charge in [0, 0.05) is 0 Å². The number of aryl methyl sites for hydroxylation is 1. The van der Waals surface area contributed by atoms with Gasteiger partial charge in [-0.25, -0.2) is 0 Å².